The Bertz CT molecular complexity index is 271. The number of hydrogen-bond acceptors (Lipinski definition) is 3. The zero-order chi connectivity index (χ0) is 8.97. The van der Waals surface area contributed by atoms with E-state index in [0.29, 0.717) is 18.3 Å². The molecule has 0 aromatic carbocycles. The highest BCUT2D eigenvalue weighted by molar-refractivity contribution is 7.80. The molecule has 0 spiro atoms. The summed E-state index contributed by atoms with van der Waals surface area (Å²) >= 11 is 4.40. The van der Waals surface area contributed by atoms with Crippen molar-refractivity contribution in [1.82, 2.24) is 0 Å². The van der Waals surface area contributed by atoms with Crippen molar-refractivity contribution in [2.24, 2.45) is 0 Å². The fraction of sp³-hybridized carbons (Fsp3) is 0.286. The van der Waals surface area contributed by atoms with E-state index in [9.17, 15) is 0 Å². The Morgan fingerprint density at radius 2 is 2.50 bits per heavy atom. The molecule has 1 heterocycles. The van der Waals surface area contributed by atoms with Crippen LogP contribution in [0.3, 0.4) is 0 Å². The van der Waals surface area contributed by atoms with Crippen LogP contribution in [-0.4, -0.2) is 17.4 Å². The zero-order valence-corrected chi connectivity index (χ0v) is 7.35. The van der Waals surface area contributed by atoms with Crippen molar-refractivity contribution in [2.45, 2.75) is 6.61 Å². The quantitative estimate of drug-likeness (QED) is 0.705. The van der Waals surface area contributed by atoms with E-state index in [1.165, 1.54) is 0 Å². The van der Waals surface area contributed by atoms with Gasteiger partial charge in [0, 0.05) is 13.2 Å². The molecule has 0 atom stereocenters. The van der Waals surface area contributed by atoms with Gasteiger partial charge in [-0.15, -0.1) is 0 Å². The lowest BCUT2D eigenvalue weighted by atomic mass is 10.5. The van der Waals surface area contributed by atoms with Crippen molar-refractivity contribution in [2.75, 3.05) is 12.4 Å². The van der Waals surface area contributed by atoms with Crippen LogP contribution in [0.4, 0.5) is 5.88 Å². The van der Waals surface area contributed by atoms with Crippen LogP contribution >= 0.6 is 12.2 Å². The van der Waals surface area contributed by atoms with Crippen molar-refractivity contribution in [1.29, 1.82) is 0 Å². The summed E-state index contributed by atoms with van der Waals surface area (Å²) in [6.07, 6.45) is 0. The number of hydrogen-bond donors (Lipinski definition) is 2. The average molecular weight is 187 g/mol. The average Bonchev–Trinajstić information content (AvgIpc) is 2.36. The lowest BCUT2D eigenvalue weighted by Gasteiger charge is -1.96. The van der Waals surface area contributed by atoms with Gasteiger partial charge >= 0.3 is 0 Å². The second kappa shape index (κ2) is 4.08. The van der Waals surface area contributed by atoms with E-state index in [4.69, 9.17) is 14.3 Å². The van der Waals surface area contributed by atoms with E-state index in [1.807, 2.05) is 0 Å². The molecule has 1 aromatic heterocycles. The largest absolute Gasteiger partial charge is 0.486 e. The van der Waals surface area contributed by atoms with E-state index in [2.05, 4.69) is 17.5 Å². The summed E-state index contributed by atoms with van der Waals surface area (Å²) in [5.41, 5.74) is 0. The minimum atomic E-state index is -0.312. The molecule has 2 N–H and O–H groups in total. The van der Waals surface area contributed by atoms with E-state index in [-0.39, 0.29) is 5.17 Å². The third-order valence-corrected chi connectivity index (χ3v) is 1.28. The Balaban J connectivity index is 2.58. The molecule has 0 saturated heterocycles. The number of thiocarbonyl (C=S) groups is 1. The number of aliphatic hydroxyl groups is 1. The highest BCUT2D eigenvalue weighted by Gasteiger charge is 2.01. The minimum absolute atomic E-state index is 0.312. The Hall–Kier alpha value is -1.07. The maximum Gasteiger partial charge on any atom is 0.261 e. The van der Waals surface area contributed by atoms with Gasteiger partial charge in [0.25, 0.3) is 5.17 Å². The molecule has 0 aliphatic carbocycles. The molecule has 1 rings (SSSR count). The summed E-state index contributed by atoms with van der Waals surface area (Å²) in [4.78, 5) is 0. The van der Waals surface area contributed by atoms with Gasteiger partial charge in [-0.3, -0.25) is 5.32 Å². The number of aliphatic hydroxyl groups excluding tert-OH is 1. The minimum Gasteiger partial charge on any atom is -0.486 e. The summed E-state index contributed by atoms with van der Waals surface area (Å²) in [5, 5.41) is 10.8. The predicted octanol–water partition coefficient (Wildman–Crippen LogP) is 1.68. The molecular weight excluding hydrogens is 178 g/mol. The van der Waals surface area contributed by atoms with E-state index in [1.54, 1.807) is 19.2 Å². The maximum atomic E-state index is 8.67. The van der Waals surface area contributed by atoms with Gasteiger partial charge in [-0.1, -0.05) is 0 Å². The number of ether oxygens (including phenoxy) is 1. The summed E-state index contributed by atoms with van der Waals surface area (Å²) < 4.78 is 9.98. The van der Waals surface area contributed by atoms with Crippen molar-refractivity contribution in [3.63, 3.8) is 0 Å². The first kappa shape index (κ1) is 9.02. The van der Waals surface area contributed by atoms with Crippen molar-refractivity contribution >= 4 is 23.3 Å². The second-order valence-corrected chi connectivity index (χ2v) is 2.52. The fourth-order valence-electron chi connectivity index (χ4n) is 0.770. The van der Waals surface area contributed by atoms with Gasteiger partial charge in [-0.2, -0.15) is 0 Å². The monoisotopic (exact) mass is 187 g/mol. The summed E-state index contributed by atoms with van der Waals surface area (Å²) in [7, 11) is 1.58. The van der Waals surface area contributed by atoms with Gasteiger partial charge < -0.3 is 14.3 Å². The fourth-order valence-corrected chi connectivity index (χ4v) is 0.871. The molecular formula is C7H9NO3S. The maximum absolute atomic E-state index is 8.67. The Labute approximate surface area is 75.1 Å². The van der Waals surface area contributed by atoms with Gasteiger partial charge in [0.05, 0.1) is 0 Å². The van der Waals surface area contributed by atoms with Crippen LogP contribution in [0.5, 0.6) is 0 Å². The van der Waals surface area contributed by atoms with E-state index >= 15 is 0 Å². The van der Waals surface area contributed by atoms with Gasteiger partial charge in [0.1, 0.15) is 12.4 Å². The number of rotatable bonds is 3. The topological polar surface area (TPSA) is 54.6 Å². The molecule has 0 bridgehead atoms. The third-order valence-electron chi connectivity index (χ3n) is 1.18. The molecule has 5 heteroatoms. The first-order valence-corrected chi connectivity index (χ1v) is 3.71. The number of nitrogens with one attached hydrogen (secondary N) is 1. The Morgan fingerprint density at radius 1 is 1.75 bits per heavy atom. The molecule has 1 aromatic rings. The molecule has 4 nitrogen and oxygen atoms in total. The number of anilines is 1. The van der Waals surface area contributed by atoms with Gasteiger partial charge in [0.15, 0.2) is 0 Å². The molecule has 0 saturated carbocycles. The molecule has 0 amide bonds. The standard InChI is InChI=1S/C7H9NO3S/c1-10-4-5-2-3-6(11-5)8-7(9)12/h2-3H,4H2,1H3,(H2,8,9,12). The normalized spacial score (nSPS) is 9.75. The molecule has 0 fully saturated rings. The van der Waals surface area contributed by atoms with Crippen molar-refractivity contribution in [3.05, 3.63) is 17.9 Å². The molecule has 66 valence electrons. The van der Waals surface area contributed by atoms with Crippen LogP contribution in [0.2, 0.25) is 0 Å². The van der Waals surface area contributed by atoms with Gasteiger partial charge in [-0.05, 0) is 18.3 Å². The highest BCUT2D eigenvalue weighted by Crippen LogP contribution is 2.13. The molecule has 0 unspecified atom stereocenters. The first-order chi connectivity index (χ1) is 5.72. The molecule has 0 aliphatic heterocycles. The SMILES string of the molecule is COCc1ccc(NC(O)=S)o1. The van der Waals surface area contributed by atoms with E-state index in [0.717, 1.165) is 0 Å². The van der Waals surface area contributed by atoms with Crippen LogP contribution in [0.15, 0.2) is 16.5 Å². The summed E-state index contributed by atoms with van der Waals surface area (Å²) in [5.74, 6) is 1.09. The van der Waals surface area contributed by atoms with Gasteiger partial charge in [-0.25, -0.2) is 0 Å². The summed E-state index contributed by atoms with van der Waals surface area (Å²) in [6.45, 7) is 0.403. The summed E-state index contributed by atoms with van der Waals surface area (Å²) in [6, 6.07) is 3.40. The van der Waals surface area contributed by atoms with Crippen LogP contribution < -0.4 is 5.32 Å². The molecule has 0 radical (unpaired) electrons. The van der Waals surface area contributed by atoms with Crippen LogP contribution in [0.1, 0.15) is 5.76 Å². The van der Waals surface area contributed by atoms with E-state index < -0.39 is 0 Å². The highest BCUT2D eigenvalue weighted by atomic mass is 32.1. The third kappa shape index (κ3) is 2.52. The first-order valence-electron chi connectivity index (χ1n) is 3.30. The Morgan fingerprint density at radius 3 is 3.08 bits per heavy atom. The lowest BCUT2D eigenvalue weighted by Crippen LogP contribution is -2.05. The van der Waals surface area contributed by atoms with Crippen LogP contribution in [0, 0.1) is 0 Å². The Kier molecular flexibility index (Phi) is 3.07. The zero-order valence-electron chi connectivity index (χ0n) is 6.53. The molecule has 12 heavy (non-hydrogen) atoms. The van der Waals surface area contributed by atoms with Crippen molar-refractivity contribution in [3.8, 4) is 0 Å². The van der Waals surface area contributed by atoms with Crippen LogP contribution in [0.25, 0.3) is 0 Å². The molecule has 0 aliphatic rings. The van der Waals surface area contributed by atoms with Gasteiger partial charge in [0.2, 0.25) is 5.88 Å². The number of methoxy groups -OCH3 is 1. The lowest BCUT2D eigenvalue weighted by molar-refractivity contribution is 0.165. The van der Waals surface area contributed by atoms with Crippen molar-refractivity contribution < 1.29 is 14.3 Å². The van der Waals surface area contributed by atoms with Crippen LogP contribution in [-0.2, 0) is 11.3 Å². The number of furan rings is 1. The second-order valence-electron chi connectivity index (χ2n) is 2.13. The predicted molar refractivity (Wildman–Crippen MR) is 48.3 cm³/mol. The smallest absolute Gasteiger partial charge is 0.261 e.